The van der Waals surface area contributed by atoms with Crippen LogP contribution in [0.15, 0.2) is 42.6 Å². The highest BCUT2D eigenvalue weighted by atomic mass is 16.5. The minimum Gasteiger partial charge on any atom is -0.494 e. The van der Waals surface area contributed by atoms with Crippen LogP contribution in [-0.2, 0) is 6.54 Å². The lowest BCUT2D eigenvalue weighted by atomic mass is 10.2. The Hall–Kier alpha value is -2.23. The van der Waals surface area contributed by atoms with E-state index >= 15 is 0 Å². The maximum Gasteiger partial charge on any atom is 0.213 e. The Kier molecular flexibility index (Phi) is 5.24. The van der Waals surface area contributed by atoms with Crippen molar-refractivity contribution in [1.82, 2.24) is 4.98 Å². The highest BCUT2D eigenvalue weighted by molar-refractivity contribution is 5.44. The minimum absolute atomic E-state index is 0.626. The summed E-state index contributed by atoms with van der Waals surface area (Å²) in [6.45, 7) is 5.92. The normalized spacial score (nSPS) is 10.1. The van der Waals surface area contributed by atoms with Crippen LogP contribution in [0.5, 0.6) is 11.6 Å². The molecule has 2 rings (SSSR count). The van der Waals surface area contributed by atoms with Gasteiger partial charge in [-0.15, -0.1) is 0 Å². The van der Waals surface area contributed by atoms with Crippen molar-refractivity contribution in [2.24, 2.45) is 0 Å². The highest BCUT2D eigenvalue weighted by Crippen LogP contribution is 2.20. The molecule has 0 aliphatic heterocycles. The van der Waals surface area contributed by atoms with E-state index in [0.717, 1.165) is 17.0 Å². The van der Waals surface area contributed by atoms with E-state index in [1.807, 2.05) is 44.2 Å². The number of ether oxygens (including phenoxy) is 2. The number of hydrogen-bond acceptors (Lipinski definition) is 4. The molecular formula is C16H20N2O2. The van der Waals surface area contributed by atoms with E-state index in [-0.39, 0.29) is 0 Å². The maximum atomic E-state index is 5.60. The Morgan fingerprint density at radius 1 is 1.00 bits per heavy atom. The third kappa shape index (κ3) is 3.88. The van der Waals surface area contributed by atoms with Crippen LogP contribution in [-0.4, -0.2) is 18.2 Å². The molecule has 0 saturated carbocycles. The van der Waals surface area contributed by atoms with Gasteiger partial charge in [0.2, 0.25) is 5.88 Å². The first-order valence-electron chi connectivity index (χ1n) is 6.87. The van der Waals surface area contributed by atoms with Crippen LogP contribution < -0.4 is 14.8 Å². The van der Waals surface area contributed by atoms with Gasteiger partial charge >= 0.3 is 0 Å². The molecule has 0 fully saturated rings. The van der Waals surface area contributed by atoms with Crippen LogP contribution >= 0.6 is 0 Å². The highest BCUT2D eigenvalue weighted by Gasteiger charge is 2.02. The molecule has 2 aromatic rings. The van der Waals surface area contributed by atoms with Crippen molar-refractivity contribution < 1.29 is 9.47 Å². The van der Waals surface area contributed by atoms with Gasteiger partial charge in [-0.1, -0.05) is 18.2 Å². The van der Waals surface area contributed by atoms with E-state index in [1.165, 1.54) is 0 Å². The van der Waals surface area contributed by atoms with E-state index < -0.39 is 0 Å². The molecule has 1 aromatic carbocycles. The summed E-state index contributed by atoms with van der Waals surface area (Å²) >= 11 is 0. The zero-order chi connectivity index (χ0) is 14.2. The summed E-state index contributed by atoms with van der Waals surface area (Å²) in [7, 11) is 0. The van der Waals surface area contributed by atoms with Gasteiger partial charge in [-0.3, -0.25) is 0 Å². The van der Waals surface area contributed by atoms with Crippen LogP contribution in [0.1, 0.15) is 19.4 Å². The van der Waals surface area contributed by atoms with Gasteiger partial charge in [-0.25, -0.2) is 4.98 Å². The number of benzene rings is 1. The van der Waals surface area contributed by atoms with Crippen LogP contribution in [0.3, 0.4) is 0 Å². The first kappa shape index (κ1) is 14.2. The summed E-state index contributed by atoms with van der Waals surface area (Å²) in [5.41, 5.74) is 2.09. The molecule has 4 heteroatoms. The second kappa shape index (κ2) is 7.38. The summed E-state index contributed by atoms with van der Waals surface area (Å²) < 4.78 is 10.9. The summed E-state index contributed by atoms with van der Waals surface area (Å²) in [5, 5.41) is 3.33. The van der Waals surface area contributed by atoms with Gasteiger partial charge in [0.1, 0.15) is 5.75 Å². The minimum atomic E-state index is 0.626. The van der Waals surface area contributed by atoms with Crippen molar-refractivity contribution >= 4 is 5.69 Å². The molecule has 1 N–H and O–H groups in total. The molecule has 0 saturated heterocycles. The van der Waals surface area contributed by atoms with E-state index in [1.54, 1.807) is 6.20 Å². The third-order valence-corrected chi connectivity index (χ3v) is 2.78. The molecule has 106 valence electrons. The summed E-state index contributed by atoms with van der Waals surface area (Å²) in [6.07, 6.45) is 1.77. The Morgan fingerprint density at radius 3 is 2.50 bits per heavy atom. The number of para-hydroxylation sites is 1. The number of anilines is 1. The molecule has 0 amide bonds. The first-order chi connectivity index (χ1) is 9.83. The monoisotopic (exact) mass is 272 g/mol. The lowest BCUT2D eigenvalue weighted by Crippen LogP contribution is -2.03. The quantitative estimate of drug-likeness (QED) is 0.838. The van der Waals surface area contributed by atoms with E-state index in [0.29, 0.717) is 25.6 Å². The molecule has 1 aromatic heterocycles. The first-order valence-corrected chi connectivity index (χ1v) is 6.87. The Labute approximate surface area is 119 Å². The Morgan fingerprint density at radius 2 is 1.80 bits per heavy atom. The summed E-state index contributed by atoms with van der Waals surface area (Å²) in [5.74, 6) is 1.56. The van der Waals surface area contributed by atoms with Gasteiger partial charge < -0.3 is 14.8 Å². The fourth-order valence-corrected chi connectivity index (χ4v) is 1.86. The van der Waals surface area contributed by atoms with E-state index in [2.05, 4.69) is 16.4 Å². The zero-order valence-electron chi connectivity index (χ0n) is 11.9. The zero-order valence-corrected chi connectivity index (χ0v) is 11.9. The topological polar surface area (TPSA) is 43.4 Å². The SMILES string of the molecule is CCOc1ccc(NCc2ccccc2OCC)cn1. The van der Waals surface area contributed by atoms with Gasteiger partial charge in [0, 0.05) is 18.2 Å². The number of nitrogens with zero attached hydrogens (tertiary/aromatic N) is 1. The average molecular weight is 272 g/mol. The molecule has 0 spiro atoms. The molecule has 0 aliphatic rings. The molecule has 1 heterocycles. The lowest BCUT2D eigenvalue weighted by Gasteiger charge is -2.11. The van der Waals surface area contributed by atoms with Gasteiger partial charge in [-0.2, -0.15) is 0 Å². The van der Waals surface area contributed by atoms with Crippen molar-refractivity contribution in [2.45, 2.75) is 20.4 Å². The number of aromatic nitrogens is 1. The second-order valence-corrected chi connectivity index (χ2v) is 4.21. The predicted molar refractivity (Wildman–Crippen MR) is 80.3 cm³/mol. The summed E-state index contributed by atoms with van der Waals surface area (Å²) in [4.78, 5) is 4.22. The van der Waals surface area contributed by atoms with Crippen LogP contribution in [0.25, 0.3) is 0 Å². The van der Waals surface area contributed by atoms with Crippen molar-refractivity contribution in [3.8, 4) is 11.6 Å². The average Bonchev–Trinajstić information content (AvgIpc) is 2.48. The lowest BCUT2D eigenvalue weighted by molar-refractivity contribution is 0.327. The number of rotatable bonds is 7. The molecule has 0 atom stereocenters. The second-order valence-electron chi connectivity index (χ2n) is 4.21. The number of pyridine rings is 1. The van der Waals surface area contributed by atoms with Crippen LogP contribution in [0, 0.1) is 0 Å². The van der Waals surface area contributed by atoms with Crippen molar-refractivity contribution in [2.75, 3.05) is 18.5 Å². The van der Waals surface area contributed by atoms with E-state index in [9.17, 15) is 0 Å². The number of hydrogen-bond donors (Lipinski definition) is 1. The molecule has 0 radical (unpaired) electrons. The Bertz CT molecular complexity index is 526. The van der Waals surface area contributed by atoms with Gasteiger partial charge in [0.25, 0.3) is 0 Å². The predicted octanol–water partition coefficient (Wildman–Crippen LogP) is 3.49. The molecule has 0 unspecified atom stereocenters. The number of nitrogens with one attached hydrogen (secondary N) is 1. The Balaban J connectivity index is 1.97. The fraction of sp³-hybridized carbons (Fsp3) is 0.312. The van der Waals surface area contributed by atoms with Gasteiger partial charge in [-0.05, 0) is 26.0 Å². The fourth-order valence-electron chi connectivity index (χ4n) is 1.86. The van der Waals surface area contributed by atoms with Crippen molar-refractivity contribution in [3.63, 3.8) is 0 Å². The van der Waals surface area contributed by atoms with Gasteiger partial charge in [0.05, 0.1) is 25.1 Å². The largest absolute Gasteiger partial charge is 0.494 e. The van der Waals surface area contributed by atoms with Gasteiger partial charge in [0.15, 0.2) is 0 Å². The molecule has 20 heavy (non-hydrogen) atoms. The third-order valence-electron chi connectivity index (χ3n) is 2.78. The maximum absolute atomic E-state index is 5.60. The van der Waals surface area contributed by atoms with Crippen LogP contribution in [0.4, 0.5) is 5.69 Å². The molecule has 0 aliphatic carbocycles. The smallest absolute Gasteiger partial charge is 0.213 e. The summed E-state index contributed by atoms with van der Waals surface area (Å²) in [6, 6.07) is 11.8. The van der Waals surface area contributed by atoms with Crippen LogP contribution in [0.2, 0.25) is 0 Å². The molecule has 0 bridgehead atoms. The standard InChI is InChI=1S/C16H20N2O2/c1-3-19-15-8-6-5-7-13(15)11-17-14-9-10-16(18-12-14)20-4-2/h5-10,12,17H,3-4,11H2,1-2H3. The van der Waals surface area contributed by atoms with Crippen molar-refractivity contribution in [1.29, 1.82) is 0 Å². The van der Waals surface area contributed by atoms with Crippen molar-refractivity contribution in [3.05, 3.63) is 48.2 Å². The molecular weight excluding hydrogens is 252 g/mol. The van der Waals surface area contributed by atoms with E-state index in [4.69, 9.17) is 9.47 Å². The molecule has 4 nitrogen and oxygen atoms in total.